The van der Waals surface area contributed by atoms with Gasteiger partial charge in [0.25, 0.3) is 0 Å². The zero-order chi connectivity index (χ0) is 13.7. The summed E-state index contributed by atoms with van der Waals surface area (Å²) in [6.07, 6.45) is 7.88. The predicted molar refractivity (Wildman–Crippen MR) is 83.7 cm³/mol. The van der Waals surface area contributed by atoms with E-state index in [1.54, 1.807) is 5.56 Å². The molecule has 0 bridgehead atoms. The number of rotatable bonds is 8. The van der Waals surface area contributed by atoms with Crippen LogP contribution in [0.3, 0.4) is 0 Å². The van der Waals surface area contributed by atoms with Crippen molar-refractivity contribution in [2.75, 3.05) is 6.54 Å². The van der Waals surface area contributed by atoms with E-state index in [-0.39, 0.29) is 0 Å². The average Bonchev–Trinajstić information content (AvgIpc) is 3.21. The summed E-state index contributed by atoms with van der Waals surface area (Å²) >= 11 is 0. The molecule has 0 atom stereocenters. The number of hydrogen-bond donors (Lipinski definition) is 1. The monoisotopic (exact) mass is 259 g/mol. The molecule has 1 nitrogen and oxygen atoms in total. The SMILES string of the molecule is CCCC(CCC)(CNC1CC1)c1ccccc1C. The zero-order valence-corrected chi connectivity index (χ0v) is 12.8. The van der Waals surface area contributed by atoms with Crippen LogP contribution >= 0.6 is 0 Å². The van der Waals surface area contributed by atoms with Crippen LogP contribution in [0.1, 0.15) is 63.5 Å². The Kier molecular flexibility index (Phi) is 5.04. The molecule has 106 valence electrons. The van der Waals surface area contributed by atoms with Crippen molar-refractivity contribution in [3.8, 4) is 0 Å². The van der Waals surface area contributed by atoms with Crippen molar-refractivity contribution < 1.29 is 0 Å². The molecule has 0 unspecified atom stereocenters. The Morgan fingerprint density at radius 1 is 1.11 bits per heavy atom. The quantitative estimate of drug-likeness (QED) is 0.720. The van der Waals surface area contributed by atoms with Crippen LogP contribution in [0, 0.1) is 6.92 Å². The third-order valence-electron chi connectivity index (χ3n) is 4.48. The molecule has 1 fully saturated rings. The summed E-state index contributed by atoms with van der Waals surface area (Å²) in [5.74, 6) is 0. The first-order chi connectivity index (χ1) is 9.22. The lowest BCUT2D eigenvalue weighted by molar-refractivity contribution is 0.332. The first-order valence-electron chi connectivity index (χ1n) is 8.01. The molecule has 1 saturated carbocycles. The molecule has 0 heterocycles. The molecule has 2 rings (SSSR count). The predicted octanol–water partition coefficient (Wildman–Crippen LogP) is 4.59. The van der Waals surface area contributed by atoms with Crippen molar-refractivity contribution in [3.63, 3.8) is 0 Å². The third kappa shape index (κ3) is 3.60. The van der Waals surface area contributed by atoms with Crippen LogP contribution in [0.15, 0.2) is 24.3 Å². The minimum atomic E-state index is 0.345. The second kappa shape index (κ2) is 6.56. The zero-order valence-electron chi connectivity index (χ0n) is 12.8. The number of benzene rings is 1. The summed E-state index contributed by atoms with van der Waals surface area (Å²) in [5.41, 5.74) is 3.38. The first-order valence-corrected chi connectivity index (χ1v) is 8.01. The lowest BCUT2D eigenvalue weighted by atomic mass is 9.72. The Labute approximate surface area is 118 Å². The van der Waals surface area contributed by atoms with Crippen LogP contribution in [0.25, 0.3) is 0 Å². The topological polar surface area (TPSA) is 12.0 Å². The lowest BCUT2D eigenvalue weighted by Crippen LogP contribution is -2.39. The number of hydrogen-bond acceptors (Lipinski definition) is 1. The molecular weight excluding hydrogens is 230 g/mol. The van der Waals surface area contributed by atoms with E-state index in [4.69, 9.17) is 0 Å². The maximum atomic E-state index is 3.79. The second-order valence-electron chi connectivity index (χ2n) is 6.25. The average molecular weight is 259 g/mol. The van der Waals surface area contributed by atoms with E-state index in [9.17, 15) is 0 Å². The maximum absolute atomic E-state index is 3.79. The molecule has 0 radical (unpaired) electrons. The third-order valence-corrected chi connectivity index (χ3v) is 4.48. The van der Waals surface area contributed by atoms with Crippen molar-refractivity contribution in [1.82, 2.24) is 5.32 Å². The van der Waals surface area contributed by atoms with Crippen molar-refractivity contribution in [2.24, 2.45) is 0 Å². The molecule has 0 aliphatic heterocycles. The Hall–Kier alpha value is -0.820. The maximum Gasteiger partial charge on any atom is 0.00803 e. The fourth-order valence-corrected chi connectivity index (χ4v) is 3.42. The first kappa shape index (κ1) is 14.6. The van der Waals surface area contributed by atoms with Crippen molar-refractivity contribution in [1.29, 1.82) is 0 Å². The molecule has 0 amide bonds. The van der Waals surface area contributed by atoms with Gasteiger partial charge in [-0.3, -0.25) is 0 Å². The fourth-order valence-electron chi connectivity index (χ4n) is 3.42. The van der Waals surface area contributed by atoms with Gasteiger partial charge in [0.1, 0.15) is 0 Å². The molecule has 1 heteroatoms. The van der Waals surface area contributed by atoms with Crippen LogP contribution in [-0.2, 0) is 5.41 Å². The van der Waals surface area contributed by atoms with Gasteiger partial charge >= 0.3 is 0 Å². The molecule has 0 spiro atoms. The highest BCUT2D eigenvalue weighted by atomic mass is 15.0. The van der Waals surface area contributed by atoms with Gasteiger partial charge in [0, 0.05) is 18.0 Å². The highest BCUT2D eigenvalue weighted by Crippen LogP contribution is 2.36. The van der Waals surface area contributed by atoms with Gasteiger partial charge in [0.05, 0.1) is 0 Å². The Morgan fingerprint density at radius 2 is 1.74 bits per heavy atom. The van der Waals surface area contributed by atoms with E-state index in [0.717, 1.165) is 12.6 Å². The highest BCUT2D eigenvalue weighted by Gasteiger charge is 2.33. The van der Waals surface area contributed by atoms with E-state index >= 15 is 0 Å². The summed E-state index contributed by atoms with van der Waals surface area (Å²) in [5, 5.41) is 3.79. The van der Waals surface area contributed by atoms with E-state index in [2.05, 4.69) is 50.4 Å². The van der Waals surface area contributed by atoms with Gasteiger partial charge in [-0.05, 0) is 43.7 Å². The van der Waals surface area contributed by atoms with E-state index < -0.39 is 0 Å². The van der Waals surface area contributed by atoms with Crippen molar-refractivity contribution in [3.05, 3.63) is 35.4 Å². The summed E-state index contributed by atoms with van der Waals surface area (Å²) < 4.78 is 0. The van der Waals surface area contributed by atoms with E-state index in [1.165, 1.54) is 44.1 Å². The van der Waals surface area contributed by atoms with Gasteiger partial charge in [0.15, 0.2) is 0 Å². The summed E-state index contributed by atoms with van der Waals surface area (Å²) in [6.45, 7) is 8.07. The molecule has 1 aromatic carbocycles. The fraction of sp³-hybridized carbons (Fsp3) is 0.667. The van der Waals surface area contributed by atoms with Crippen LogP contribution in [0.5, 0.6) is 0 Å². The van der Waals surface area contributed by atoms with Crippen molar-refractivity contribution >= 4 is 0 Å². The molecular formula is C18H29N. The molecule has 19 heavy (non-hydrogen) atoms. The molecule has 1 aliphatic carbocycles. The second-order valence-corrected chi connectivity index (χ2v) is 6.25. The lowest BCUT2D eigenvalue weighted by Gasteiger charge is -2.36. The van der Waals surface area contributed by atoms with E-state index in [0.29, 0.717) is 5.41 Å². The minimum absolute atomic E-state index is 0.345. The highest BCUT2D eigenvalue weighted by molar-refractivity contribution is 5.34. The van der Waals surface area contributed by atoms with Gasteiger partial charge in [-0.15, -0.1) is 0 Å². The van der Waals surface area contributed by atoms with Crippen molar-refractivity contribution in [2.45, 2.75) is 70.8 Å². The smallest absolute Gasteiger partial charge is 0.00803 e. The molecule has 1 aliphatic rings. The molecule has 1 aromatic rings. The largest absolute Gasteiger partial charge is 0.313 e. The van der Waals surface area contributed by atoms with Gasteiger partial charge in [-0.25, -0.2) is 0 Å². The molecule has 1 N–H and O–H groups in total. The Bertz CT molecular complexity index is 386. The summed E-state index contributed by atoms with van der Waals surface area (Å²) in [6, 6.07) is 9.80. The summed E-state index contributed by atoms with van der Waals surface area (Å²) in [4.78, 5) is 0. The van der Waals surface area contributed by atoms with Crippen LogP contribution in [0.2, 0.25) is 0 Å². The van der Waals surface area contributed by atoms with Crippen LogP contribution < -0.4 is 5.32 Å². The van der Waals surface area contributed by atoms with E-state index in [1.807, 2.05) is 0 Å². The molecule has 0 saturated heterocycles. The minimum Gasteiger partial charge on any atom is -0.313 e. The van der Waals surface area contributed by atoms with Gasteiger partial charge in [0.2, 0.25) is 0 Å². The van der Waals surface area contributed by atoms with Gasteiger partial charge in [-0.2, -0.15) is 0 Å². The normalized spacial score (nSPS) is 15.7. The van der Waals surface area contributed by atoms with Gasteiger partial charge in [-0.1, -0.05) is 51.0 Å². The Balaban J connectivity index is 2.25. The standard InChI is InChI=1S/C18H29N/c1-4-12-18(13-5-2,14-19-16-10-11-16)17-9-7-6-8-15(17)3/h6-9,16,19H,4-5,10-14H2,1-3H3. The molecule has 0 aromatic heterocycles. The van der Waals surface area contributed by atoms with Crippen LogP contribution in [0.4, 0.5) is 0 Å². The number of nitrogens with one attached hydrogen (secondary N) is 1. The van der Waals surface area contributed by atoms with Crippen LogP contribution in [-0.4, -0.2) is 12.6 Å². The van der Waals surface area contributed by atoms with Gasteiger partial charge < -0.3 is 5.32 Å². The summed E-state index contributed by atoms with van der Waals surface area (Å²) in [7, 11) is 0. The number of aryl methyl sites for hydroxylation is 1. The Morgan fingerprint density at radius 3 is 2.26 bits per heavy atom.